The highest BCUT2D eigenvalue weighted by Crippen LogP contribution is 2.44. The fourth-order valence-corrected chi connectivity index (χ4v) is 3.99. The van der Waals surface area contributed by atoms with Crippen molar-refractivity contribution in [3.05, 3.63) is 29.6 Å². The summed E-state index contributed by atoms with van der Waals surface area (Å²) in [5.74, 6) is 0.376. The van der Waals surface area contributed by atoms with Crippen LogP contribution < -0.4 is 5.73 Å². The molecule has 2 N–H and O–H groups in total. The first kappa shape index (κ1) is 13.1. The first-order valence-corrected chi connectivity index (χ1v) is 7.60. The molecule has 2 atom stereocenters. The molecule has 2 aliphatic carbocycles. The first-order valence-electron chi connectivity index (χ1n) is 7.60. The van der Waals surface area contributed by atoms with Crippen LogP contribution in [0.1, 0.15) is 56.2 Å². The summed E-state index contributed by atoms with van der Waals surface area (Å²) in [5.41, 5.74) is 9.16. The molecule has 104 valence electrons. The molecule has 19 heavy (non-hydrogen) atoms. The predicted molar refractivity (Wildman–Crippen MR) is 76.1 cm³/mol. The number of ether oxygens (including phenoxy) is 1. The summed E-state index contributed by atoms with van der Waals surface area (Å²) in [6, 6.07) is 4.31. The molecule has 3 nitrogen and oxygen atoms in total. The summed E-state index contributed by atoms with van der Waals surface area (Å²) < 4.78 is 6.13. The molecule has 2 aliphatic rings. The quantitative estimate of drug-likeness (QED) is 0.905. The third-order valence-corrected chi connectivity index (χ3v) is 4.92. The number of aromatic nitrogens is 1. The molecule has 2 unspecified atom stereocenters. The van der Waals surface area contributed by atoms with Gasteiger partial charge in [-0.05, 0) is 44.2 Å². The van der Waals surface area contributed by atoms with Crippen molar-refractivity contribution in [3.63, 3.8) is 0 Å². The van der Waals surface area contributed by atoms with Crippen molar-refractivity contribution in [2.24, 2.45) is 5.73 Å². The van der Waals surface area contributed by atoms with Crippen LogP contribution >= 0.6 is 0 Å². The third kappa shape index (κ3) is 2.19. The van der Waals surface area contributed by atoms with E-state index in [1.165, 1.54) is 24.1 Å². The Morgan fingerprint density at radius 3 is 3.00 bits per heavy atom. The standard InChI is InChI=1S/C16H24N2O/c1-2-19-16(9-3-4-10-16)15(17)13-8-7-12-6-5-11-18-14(12)13/h5-6,11,13,15H,2-4,7-10,17H2,1H3. The van der Waals surface area contributed by atoms with E-state index in [0.717, 1.165) is 32.3 Å². The van der Waals surface area contributed by atoms with E-state index in [2.05, 4.69) is 18.0 Å². The van der Waals surface area contributed by atoms with E-state index < -0.39 is 0 Å². The molecule has 3 heteroatoms. The molecule has 3 rings (SSSR count). The Kier molecular flexibility index (Phi) is 3.59. The fraction of sp³-hybridized carbons (Fsp3) is 0.688. The number of fused-ring (bicyclic) bond motifs is 1. The number of rotatable bonds is 4. The van der Waals surface area contributed by atoms with Crippen LogP contribution in [0.25, 0.3) is 0 Å². The van der Waals surface area contributed by atoms with Crippen LogP contribution in [0.2, 0.25) is 0 Å². The lowest BCUT2D eigenvalue weighted by molar-refractivity contribution is -0.0585. The third-order valence-electron chi connectivity index (χ3n) is 4.92. The minimum absolute atomic E-state index is 0.0890. The fourth-order valence-electron chi connectivity index (χ4n) is 3.99. The molecule has 1 fully saturated rings. The van der Waals surface area contributed by atoms with Gasteiger partial charge in [0.05, 0.1) is 5.60 Å². The molecule has 1 aromatic rings. The number of nitrogens with two attached hydrogens (primary N) is 1. The molecule has 0 saturated heterocycles. The van der Waals surface area contributed by atoms with Crippen molar-refractivity contribution in [2.75, 3.05) is 6.61 Å². The summed E-state index contributed by atoms with van der Waals surface area (Å²) in [6.45, 7) is 2.84. The van der Waals surface area contributed by atoms with Crippen LogP contribution in [-0.2, 0) is 11.2 Å². The molecule has 1 aromatic heterocycles. The van der Waals surface area contributed by atoms with E-state index >= 15 is 0 Å². The van der Waals surface area contributed by atoms with Gasteiger partial charge >= 0.3 is 0 Å². The molecule has 0 spiro atoms. The van der Waals surface area contributed by atoms with E-state index in [9.17, 15) is 0 Å². The lowest BCUT2D eigenvalue weighted by atomic mass is 9.82. The molecular formula is C16H24N2O. The van der Waals surface area contributed by atoms with Crippen molar-refractivity contribution in [2.45, 2.75) is 63.0 Å². The topological polar surface area (TPSA) is 48.1 Å². The van der Waals surface area contributed by atoms with Crippen molar-refractivity contribution >= 4 is 0 Å². The van der Waals surface area contributed by atoms with Crippen LogP contribution in [0.15, 0.2) is 18.3 Å². The van der Waals surface area contributed by atoms with Gasteiger partial charge in [0.1, 0.15) is 0 Å². The second kappa shape index (κ2) is 5.22. The second-order valence-electron chi connectivity index (χ2n) is 5.92. The lowest BCUT2D eigenvalue weighted by Gasteiger charge is -2.38. The second-order valence-corrected chi connectivity index (χ2v) is 5.92. The Bertz CT molecular complexity index is 440. The molecule has 1 saturated carbocycles. The van der Waals surface area contributed by atoms with Crippen molar-refractivity contribution in [1.29, 1.82) is 0 Å². The molecule has 0 amide bonds. The first-order chi connectivity index (χ1) is 9.27. The molecule has 0 aromatic carbocycles. The number of hydrogen-bond acceptors (Lipinski definition) is 3. The zero-order valence-electron chi connectivity index (χ0n) is 11.8. The number of nitrogens with zero attached hydrogens (tertiary/aromatic N) is 1. The van der Waals surface area contributed by atoms with Gasteiger partial charge in [-0.25, -0.2) is 0 Å². The van der Waals surface area contributed by atoms with E-state index in [0.29, 0.717) is 5.92 Å². The summed E-state index contributed by atoms with van der Waals surface area (Å²) in [5, 5.41) is 0. The highest BCUT2D eigenvalue weighted by molar-refractivity contribution is 5.31. The molecular weight excluding hydrogens is 236 g/mol. The van der Waals surface area contributed by atoms with Crippen LogP contribution in [0.5, 0.6) is 0 Å². The van der Waals surface area contributed by atoms with Gasteiger partial charge in [0.25, 0.3) is 0 Å². The van der Waals surface area contributed by atoms with Gasteiger partial charge in [-0.1, -0.05) is 18.9 Å². The highest BCUT2D eigenvalue weighted by Gasteiger charge is 2.45. The number of pyridine rings is 1. The minimum atomic E-state index is -0.0987. The maximum absolute atomic E-state index is 6.66. The highest BCUT2D eigenvalue weighted by atomic mass is 16.5. The summed E-state index contributed by atoms with van der Waals surface area (Å²) >= 11 is 0. The SMILES string of the molecule is CCOC1(C(N)C2CCc3cccnc32)CCCC1. The smallest absolute Gasteiger partial charge is 0.0839 e. The van der Waals surface area contributed by atoms with Gasteiger partial charge in [0.2, 0.25) is 0 Å². The normalized spacial score (nSPS) is 26.3. The average molecular weight is 260 g/mol. The van der Waals surface area contributed by atoms with E-state index in [1.807, 2.05) is 12.3 Å². The summed E-state index contributed by atoms with van der Waals surface area (Å²) in [4.78, 5) is 4.59. The zero-order chi connectivity index (χ0) is 13.3. The molecule has 0 bridgehead atoms. The Morgan fingerprint density at radius 2 is 2.26 bits per heavy atom. The van der Waals surface area contributed by atoms with E-state index in [-0.39, 0.29) is 11.6 Å². The van der Waals surface area contributed by atoms with Crippen LogP contribution in [0, 0.1) is 0 Å². The van der Waals surface area contributed by atoms with Gasteiger partial charge < -0.3 is 10.5 Å². The average Bonchev–Trinajstić information content (AvgIpc) is 3.05. The molecule has 1 heterocycles. The Balaban J connectivity index is 1.86. The van der Waals surface area contributed by atoms with Gasteiger partial charge in [-0.15, -0.1) is 0 Å². The minimum Gasteiger partial charge on any atom is -0.374 e. The van der Waals surface area contributed by atoms with Crippen LogP contribution in [-0.4, -0.2) is 23.2 Å². The lowest BCUT2D eigenvalue weighted by Crippen LogP contribution is -2.51. The van der Waals surface area contributed by atoms with Crippen LogP contribution in [0.4, 0.5) is 0 Å². The van der Waals surface area contributed by atoms with Gasteiger partial charge in [0, 0.05) is 30.5 Å². The summed E-state index contributed by atoms with van der Waals surface area (Å²) in [6.07, 6.45) is 8.85. The van der Waals surface area contributed by atoms with E-state index in [1.54, 1.807) is 0 Å². The van der Waals surface area contributed by atoms with Crippen molar-refractivity contribution in [3.8, 4) is 0 Å². The maximum atomic E-state index is 6.66. The predicted octanol–water partition coefficient (Wildman–Crippen LogP) is 2.79. The zero-order valence-corrected chi connectivity index (χ0v) is 11.8. The van der Waals surface area contributed by atoms with Crippen molar-refractivity contribution in [1.82, 2.24) is 4.98 Å². The van der Waals surface area contributed by atoms with Gasteiger partial charge in [0.15, 0.2) is 0 Å². The Hall–Kier alpha value is -0.930. The Labute approximate surface area is 115 Å². The molecule has 0 radical (unpaired) electrons. The number of aryl methyl sites for hydroxylation is 1. The largest absolute Gasteiger partial charge is 0.374 e. The monoisotopic (exact) mass is 260 g/mol. The number of hydrogen-bond donors (Lipinski definition) is 1. The Morgan fingerprint density at radius 1 is 1.47 bits per heavy atom. The summed E-state index contributed by atoms with van der Waals surface area (Å²) in [7, 11) is 0. The van der Waals surface area contributed by atoms with Crippen LogP contribution in [0.3, 0.4) is 0 Å². The molecule has 0 aliphatic heterocycles. The van der Waals surface area contributed by atoms with Gasteiger partial charge in [-0.2, -0.15) is 0 Å². The maximum Gasteiger partial charge on any atom is 0.0839 e. The van der Waals surface area contributed by atoms with Gasteiger partial charge in [-0.3, -0.25) is 4.98 Å². The van der Waals surface area contributed by atoms with Crippen molar-refractivity contribution < 1.29 is 4.74 Å². The van der Waals surface area contributed by atoms with E-state index in [4.69, 9.17) is 10.5 Å².